The fourth-order valence-electron chi connectivity index (χ4n) is 3.90. The van der Waals surface area contributed by atoms with Gasteiger partial charge in [0.2, 0.25) is 5.16 Å². The van der Waals surface area contributed by atoms with E-state index in [0.29, 0.717) is 27.9 Å². The zero-order chi connectivity index (χ0) is 27.7. The molecule has 1 fully saturated rings. The van der Waals surface area contributed by atoms with Gasteiger partial charge < -0.3 is 21.0 Å². The van der Waals surface area contributed by atoms with Crippen molar-refractivity contribution < 1.29 is 28.7 Å². The van der Waals surface area contributed by atoms with Crippen molar-refractivity contribution in [1.82, 2.24) is 30.4 Å². The van der Waals surface area contributed by atoms with Crippen molar-refractivity contribution in [2.75, 3.05) is 24.3 Å². The Bertz CT molecular complexity index is 1510. The first-order valence-electron chi connectivity index (χ1n) is 11.1. The van der Waals surface area contributed by atoms with Gasteiger partial charge in [-0.05, 0) is 29.8 Å². The van der Waals surface area contributed by atoms with Gasteiger partial charge in [-0.25, -0.2) is 19.2 Å². The van der Waals surface area contributed by atoms with Crippen molar-refractivity contribution in [3.8, 4) is 11.4 Å². The number of thioether (sulfide) groups is 2. The first-order valence-corrected chi connectivity index (χ1v) is 14.0. The first kappa shape index (κ1) is 26.6. The van der Waals surface area contributed by atoms with E-state index in [0.717, 1.165) is 11.3 Å². The zero-order valence-corrected chi connectivity index (χ0v) is 22.4. The number of nitrogens with two attached hydrogens (primary N) is 1. The van der Waals surface area contributed by atoms with Crippen molar-refractivity contribution in [1.29, 1.82) is 0 Å². The molecule has 0 spiro atoms. The van der Waals surface area contributed by atoms with E-state index in [2.05, 4.69) is 30.6 Å². The lowest BCUT2D eigenvalue weighted by Gasteiger charge is -2.49. The second-order valence-corrected chi connectivity index (χ2v) is 11.0. The monoisotopic (exact) mass is 590 g/mol. The van der Waals surface area contributed by atoms with Crippen molar-refractivity contribution in [2.24, 2.45) is 5.16 Å². The number of benzene rings is 1. The minimum Gasteiger partial charge on any atom is -0.477 e. The number of halogens is 1. The second-order valence-electron chi connectivity index (χ2n) is 8.07. The number of nitrogens with one attached hydrogen (secondary N) is 2. The molecule has 5 rings (SSSR count). The average molecular weight is 591 g/mol. The number of nitrogen functional groups attached to an aromatic ring is 1. The van der Waals surface area contributed by atoms with Crippen LogP contribution in [0, 0.1) is 5.82 Å². The Morgan fingerprint density at radius 1 is 1.36 bits per heavy atom. The van der Waals surface area contributed by atoms with Crippen LogP contribution in [0.15, 0.2) is 51.2 Å². The Labute approximate surface area is 232 Å². The summed E-state index contributed by atoms with van der Waals surface area (Å²) in [7, 11) is 1.27. The smallest absolute Gasteiger partial charge is 0.352 e. The lowest BCUT2D eigenvalue weighted by molar-refractivity contribution is -0.150. The van der Waals surface area contributed by atoms with Crippen molar-refractivity contribution in [3.63, 3.8) is 0 Å². The third-order valence-electron chi connectivity index (χ3n) is 5.66. The van der Waals surface area contributed by atoms with Crippen molar-refractivity contribution in [2.45, 2.75) is 16.6 Å². The van der Waals surface area contributed by atoms with Gasteiger partial charge in [0.25, 0.3) is 11.8 Å². The fourth-order valence-corrected chi connectivity index (χ4v) is 6.73. The zero-order valence-electron chi connectivity index (χ0n) is 20.0. The molecule has 202 valence electrons. The molecular formula is C22H19FN8O5S3. The maximum absolute atomic E-state index is 13.2. The molecule has 2 aliphatic heterocycles. The second kappa shape index (κ2) is 11.0. The lowest BCUT2D eigenvalue weighted by atomic mass is 10.0. The summed E-state index contributed by atoms with van der Waals surface area (Å²) in [5.41, 5.74) is 6.71. The van der Waals surface area contributed by atoms with Gasteiger partial charge in [0.15, 0.2) is 16.7 Å². The molecular weight excluding hydrogens is 571 g/mol. The number of aromatic amines is 1. The normalized spacial score (nSPS) is 19.0. The van der Waals surface area contributed by atoms with E-state index in [1.807, 2.05) is 0 Å². The number of carboxylic acid groups (broad SMARTS) is 1. The van der Waals surface area contributed by atoms with E-state index in [1.165, 1.54) is 53.0 Å². The van der Waals surface area contributed by atoms with E-state index in [9.17, 15) is 23.9 Å². The number of hydrogen-bond acceptors (Lipinski definition) is 12. The molecule has 5 N–H and O–H groups in total. The number of aliphatic carboxylic acids is 1. The Kier molecular flexibility index (Phi) is 7.53. The van der Waals surface area contributed by atoms with Crippen molar-refractivity contribution in [3.05, 3.63) is 52.4 Å². The van der Waals surface area contributed by atoms with Crippen LogP contribution < -0.4 is 11.1 Å². The van der Waals surface area contributed by atoms with E-state index in [-0.39, 0.29) is 33.8 Å². The molecule has 2 amide bonds. The summed E-state index contributed by atoms with van der Waals surface area (Å²) in [4.78, 5) is 52.4. The number of anilines is 1. The third-order valence-corrected chi connectivity index (χ3v) is 8.60. The van der Waals surface area contributed by atoms with Crippen LogP contribution >= 0.6 is 34.9 Å². The molecule has 0 aliphatic carbocycles. The molecule has 3 aromatic rings. The standard InChI is InChI=1S/C22H19FN8O5S3/c1-36-30-13(12-8-38-21(24)25-12)17(32)26-14-18(33)31-15(20(34)35)10(6-37-19(14)31)7-39-22-27-16(28-29-22)9-2-4-11(23)5-3-9/h2-5,8,14,19H,6-7H2,1H3,(H2,24,25)(H,26,32)(H,34,35)(H,27,28,29)/b30-13-/t14-,19-/m1/s1. The van der Waals surface area contributed by atoms with E-state index in [1.54, 1.807) is 12.1 Å². The highest BCUT2D eigenvalue weighted by atomic mass is 32.2. The van der Waals surface area contributed by atoms with E-state index >= 15 is 0 Å². The van der Waals surface area contributed by atoms with Crippen LogP contribution in [-0.4, -0.2) is 83.7 Å². The Morgan fingerprint density at radius 2 is 2.13 bits per heavy atom. The highest BCUT2D eigenvalue weighted by molar-refractivity contribution is 8.01. The SMILES string of the molecule is CO/N=C(\C(=O)N[C@@H]1C(=O)N2C(C(=O)O)=C(CSc3n[nH]c(-c4ccc(F)cc4)n3)CS[C@H]12)c1csc(N)n1. The van der Waals surface area contributed by atoms with Crippen LogP contribution in [0.1, 0.15) is 5.69 Å². The molecule has 0 bridgehead atoms. The number of thiazole rings is 1. The summed E-state index contributed by atoms with van der Waals surface area (Å²) in [6, 6.07) is 4.78. The fraction of sp³-hybridized carbons (Fsp3) is 0.227. The number of carboxylic acids is 1. The molecule has 0 radical (unpaired) electrons. The number of β-lactam (4-membered cyclic amide) rings is 1. The molecule has 13 nitrogen and oxygen atoms in total. The predicted molar refractivity (Wildman–Crippen MR) is 142 cm³/mol. The number of hydrogen-bond donors (Lipinski definition) is 4. The highest BCUT2D eigenvalue weighted by Gasteiger charge is 2.54. The van der Waals surface area contributed by atoms with Crippen LogP contribution in [-0.2, 0) is 19.2 Å². The van der Waals surface area contributed by atoms with Gasteiger partial charge in [0, 0.05) is 22.4 Å². The van der Waals surface area contributed by atoms with Crippen LogP contribution in [0.3, 0.4) is 0 Å². The number of oxime groups is 1. The minimum absolute atomic E-state index is 0.130. The number of H-pyrrole nitrogens is 1. The topological polar surface area (TPSA) is 189 Å². The number of nitrogens with zero attached hydrogens (tertiary/aromatic N) is 5. The summed E-state index contributed by atoms with van der Waals surface area (Å²) in [5, 5.41) is 24.7. The van der Waals surface area contributed by atoms with Crippen molar-refractivity contribution >= 4 is 63.5 Å². The summed E-state index contributed by atoms with van der Waals surface area (Å²) >= 11 is 3.64. The van der Waals surface area contributed by atoms with Gasteiger partial charge in [-0.3, -0.25) is 19.6 Å². The van der Waals surface area contributed by atoms with Crippen LogP contribution in [0.5, 0.6) is 0 Å². The highest BCUT2D eigenvalue weighted by Crippen LogP contribution is 2.41. The van der Waals surface area contributed by atoms with Crippen LogP contribution in [0.25, 0.3) is 11.4 Å². The van der Waals surface area contributed by atoms with Gasteiger partial charge in [0.05, 0.1) is 0 Å². The molecule has 2 aromatic heterocycles. The van der Waals surface area contributed by atoms with E-state index in [4.69, 9.17) is 10.6 Å². The summed E-state index contributed by atoms with van der Waals surface area (Å²) in [6.07, 6.45) is 0. The number of rotatable bonds is 9. The number of aromatic nitrogens is 4. The summed E-state index contributed by atoms with van der Waals surface area (Å²) in [5.74, 6) is -1.92. The quantitative estimate of drug-likeness (QED) is 0.122. The molecule has 1 saturated heterocycles. The largest absolute Gasteiger partial charge is 0.477 e. The minimum atomic E-state index is -1.25. The molecule has 17 heteroatoms. The summed E-state index contributed by atoms with van der Waals surface area (Å²) in [6.45, 7) is 0. The molecule has 4 heterocycles. The Hall–Kier alpha value is -3.96. The lowest BCUT2D eigenvalue weighted by Crippen LogP contribution is -2.71. The van der Waals surface area contributed by atoms with Gasteiger partial charge in [-0.15, -0.1) is 28.2 Å². The number of amides is 2. The molecule has 0 unspecified atom stereocenters. The third kappa shape index (κ3) is 5.32. The summed E-state index contributed by atoms with van der Waals surface area (Å²) < 4.78 is 13.2. The maximum Gasteiger partial charge on any atom is 0.352 e. The molecule has 1 aromatic carbocycles. The molecule has 2 aliphatic rings. The Balaban J connectivity index is 1.27. The van der Waals surface area contributed by atoms with Crippen LogP contribution in [0.2, 0.25) is 0 Å². The van der Waals surface area contributed by atoms with E-state index < -0.39 is 29.2 Å². The Morgan fingerprint density at radius 3 is 2.79 bits per heavy atom. The molecule has 0 saturated carbocycles. The molecule has 39 heavy (non-hydrogen) atoms. The number of fused-ring (bicyclic) bond motifs is 1. The van der Waals surface area contributed by atoms with Gasteiger partial charge in [0.1, 0.15) is 35.7 Å². The van der Waals surface area contributed by atoms with Gasteiger partial charge in [-0.1, -0.05) is 16.9 Å². The predicted octanol–water partition coefficient (Wildman–Crippen LogP) is 1.53. The van der Waals surface area contributed by atoms with Crippen LogP contribution in [0.4, 0.5) is 9.52 Å². The first-order chi connectivity index (χ1) is 18.8. The molecule has 2 atom stereocenters. The number of carbonyl (C=O) groups is 3. The van der Waals surface area contributed by atoms with Gasteiger partial charge >= 0.3 is 5.97 Å². The average Bonchev–Trinajstić information content (AvgIpc) is 3.57. The number of carbonyl (C=O) groups excluding carboxylic acids is 2. The maximum atomic E-state index is 13.2. The van der Waals surface area contributed by atoms with Gasteiger partial charge in [-0.2, -0.15) is 0 Å².